The van der Waals surface area contributed by atoms with Crippen molar-refractivity contribution in [3.05, 3.63) is 41.7 Å². The zero-order valence-electron chi connectivity index (χ0n) is 15.7. The minimum absolute atomic E-state index is 0.0289. The molecule has 5 nitrogen and oxygen atoms in total. The predicted molar refractivity (Wildman–Crippen MR) is 100 cm³/mol. The number of unbranched alkanes of at least 4 members (excludes halogenated alkanes) is 7. The molecule has 0 N–H and O–H groups in total. The van der Waals surface area contributed by atoms with E-state index in [1.807, 2.05) is 22.9 Å². The van der Waals surface area contributed by atoms with Gasteiger partial charge in [-0.1, -0.05) is 88.6 Å². The van der Waals surface area contributed by atoms with Gasteiger partial charge in [-0.25, -0.2) is 4.68 Å². The van der Waals surface area contributed by atoms with Crippen LogP contribution in [0.3, 0.4) is 0 Å². The SMILES string of the molecule is CCCCCCCCCCC(OC)c1nnnn1Cc1ccccc1. The van der Waals surface area contributed by atoms with Gasteiger partial charge in [0.25, 0.3) is 0 Å². The molecule has 2 aromatic rings. The number of hydrogen-bond acceptors (Lipinski definition) is 4. The van der Waals surface area contributed by atoms with Gasteiger partial charge in [-0.3, -0.25) is 0 Å². The highest BCUT2D eigenvalue weighted by atomic mass is 16.5. The fourth-order valence-electron chi connectivity index (χ4n) is 3.13. The van der Waals surface area contributed by atoms with Crippen LogP contribution >= 0.6 is 0 Å². The first-order chi connectivity index (χ1) is 12.3. The molecule has 0 radical (unpaired) electrons. The van der Waals surface area contributed by atoms with E-state index < -0.39 is 0 Å². The predicted octanol–water partition coefficient (Wildman–Crippen LogP) is 4.94. The molecule has 0 saturated heterocycles. The van der Waals surface area contributed by atoms with Gasteiger partial charge >= 0.3 is 0 Å². The van der Waals surface area contributed by atoms with Crippen molar-refractivity contribution in [2.24, 2.45) is 0 Å². The number of tetrazole rings is 1. The average Bonchev–Trinajstić information content (AvgIpc) is 3.09. The summed E-state index contributed by atoms with van der Waals surface area (Å²) in [5, 5.41) is 12.2. The maximum atomic E-state index is 5.67. The largest absolute Gasteiger partial charge is 0.373 e. The average molecular weight is 345 g/mol. The fourth-order valence-corrected chi connectivity index (χ4v) is 3.13. The molecule has 1 unspecified atom stereocenters. The first-order valence-electron chi connectivity index (χ1n) is 9.68. The number of aromatic nitrogens is 4. The van der Waals surface area contributed by atoms with Crippen molar-refractivity contribution in [2.45, 2.75) is 77.4 Å². The second-order valence-corrected chi connectivity index (χ2v) is 6.67. The van der Waals surface area contributed by atoms with E-state index in [1.54, 1.807) is 7.11 Å². The first kappa shape index (κ1) is 19.6. The first-order valence-corrected chi connectivity index (χ1v) is 9.68. The van der Waals surface area contributed by atoms with E-state index in [9.17, 15) is 0 Å². The van der Waals surface area contributed by atoms with Crippen LogP contribution in [0.25, 0.3) is 0 Å². The van der Waals surface area contributed by atoms with Crippen LogP contribution in [-0.2, 0) is 11.3 Å². The molecule has 0 aliphatic rings. The molecular weight excluding hydrogens is 312 g/mol. The number of hydrogen-bond donors (Lipinski definition) is 0. The topological polar surface area (TPSA) is 52.8 Å². The molecule has 5 heteroatoms. The van der Waals surface area contributed by atoms with Gasteiger partial charge in [0.2, 0.25) is 0 Å². The molecule has 2 rings (SSSR count). The molecule has 0 aliphatic heterocycles. The van der Waals surface area contributed by atoms with Crippen LogP contribution in [0, 0.1) is 0 Å². The van der Waals surface area contributed by atoms with Crippen LogP contribution < -0.4 is 0 Å². The second-order valence-electron chi connectivity index (χ2n) is 6.67. The highest BCUT2D eigenvalue weighted by molar-refractivity contribution is 5.15. The molecule has 0 spiro atoms. The Morgan fingerprint density at radius 3 is 2.32 bits per heavy atom. The Bertz CT molecular complexity index is 570. The normalized spacial score (nSPS) is 12.4. The molecule has 25 heavy (non-hydrogen) atoms. The third kappa shape index (κ3) is 6.94. The van der Waals surface area contributed by atoms with Crippen LogP contribution in [0.15, 0.2) is 30.3 Å². The second kappa shape index (κ2) is 11.7. The smallest absolute Gasteiger partial charge is 0.180 e. The number of rotatable bonds is 13. The number of ether oxygens (including phenoxy) is 1. The van der Waals surface area contributed by atoms with Gasteiger partial charge in [-0.05, 0) is 22.4 Å². The van der Waals surface area contributed by atoms with E-state index in [0.29, 0.717) is 6.54 Å². The Morgan fingerprint density at radius 2 is 1.64 bits per heavy atom. The third-order valence-electron chi connectivity index (χ3n) is 4.63. The summed E-state index contributed by atoms with van der Waals surface area (Å²) in [6.45, 7) is 2.94. The van der Waals surface area contributed by atoms with Gasteiger partial charge < -0.3 is 4.74 Å². The Labute approximate surface area is 151 Å². The summed E-state index contributed by atoms with van der Waals surface area (Å²) in [5.41, 5.74) is 1.19. The summed E-state index contributed by atoms with van der Waals surface area (Å²) < 4.78 is 7.52. The molecule has 0 aliphatic carbocycles. The van der Waals surface area contributed by atoms with Crippen LogP contribution in [0.1, 0.15) is 82.2 Å². The maximum absolute atomic E-state index is 5.67. The molecule has 0 amide bonds. The summed E-state index contributed by atoms with van der Waals surface area (Å²) in [4.78, 5) is 0. The zero-order valence-corrected chi connectivity index (χ0v) is 15.7. The fraction of sp³-hybridized carbons (Fsp3) is 0.650. The van der Waals surface area contributed by atoms with E-state index in [1.165, 1.54) is 50.5 Å². The van der Waals surface area contributed by atoms with E-state index in [2.05, 4.69) is 34.6 Å². The highest BCUT2D eigenvalue weighted by Gasteiger charge is 2.18. The van der Waals surface area contributed by atoms with Crippen molar-refractivity contribution in [3.8, 4) is 0 Å². The van der Waals surface area contributed by atoms with Gasteiger partial charge in [0, 0.05) is 7.11 Å². The molecule has 1 aromatic heterocycles. The summed E-state index contributed by atoms with van der Waals surface area (Å²) in [7, 11) is 1.75. The van der Waals surface area contributed by atoms with Crippen molar-refractivity contribution in [3.63, 3.8) is 0 Å². The van der Waals surface area contributed by atoms with Crippen LogP contribution in [-0.4, -0.2) is 27.3 Å². The lowest BCUT2D eigenvalue weighted by Crippen LogP contribution is -2.13. The molecular formula is C20H32N4O. The van der Waals surface area contributed by atoms with E-state index in [4.69, 9.17) is 4.74 Å². The minimum atomic E-state index is -0.0289. The van der Waals surface area contributed by atoms with E-state index in [-0.39, 0.29) is 6.10 Å². The summed E-state index contributed by atoms with van der Waals surface area (Å²) in [6, 6.07) is 10.3. The molecule has 0 saturated carbocycles. The van der Waals surface area contributed by atoms with Crippen molar-refractivity contribution >= 4 is 0 Å². The molecule has 1 aromatic carbocycles. The lowest BCUT2D eigenvalue weighted by Gasteiger charge is -2.15. The molecule has 0 bridgehead atoms. The quantitative estimate of drug-likeness (QED) is 0.483. The van der Waals surface area contributed by atoms with Crippen molar-refractivity contribution < 1.29 is 4.74 Å². The third-order valence-corrected chi connectivity index (χ3v) is 4.63. The van der Waals surface area contributed by atoms with Gasteiger partial charge in [-0.15, -0.1) is 5.10 Å². The van der Waals surface area contributed by atoms with E-state index in [0.717, 1.165) is 18.7 Å². The van der Waals surface area contributed by atoms with Crippen LogP contribution in [0.4, 0.5) is 0 Å². The number of nitrogens with zero attached hydrogens (tertiary/aromatic N) is 4. The zero-order chi connectivity index (χ0) is 17.7. The Hall–Kier alpha value is -1.75. The Balaban J connectivity index is 1.76. The Morgan fingerprint density at radius 1 is 0.960 bits per heavy atom. The maximum Gasteiger partial charge on any atom is 0.180 e. The standard InChI is InChI=1S/C20H32N4O/c1-3-4-5-6-7-8-9-13-16-19(25-2)20-21-22-23-24(20)17-18-14-11-10-12-15-18/h10-12,14-15,19H,3-9,13,16-17H2,1-2H3. The molecule has 0 fully saturated rings. The highest BCUT2D eigenvalue weighted by Crippen LogP contribution is 2.22. The summed E-state index contributed by atoms with van der Waals surface area (Å²) in [5.74, 6) is 0.828. The monoisotopic (exact) mass is 344 g/mol. The van der Waals surface area contributed by atoms with Gasteiger partial charge in [-0.2, -0.15) is 0 Å². The van der Waals surface area contributed by atoms with Gasteiger partial charge in [0.15, 0.2) is 5.82 Å². The lowest BCUT2D eigenvalue weighted by atomic mass is 10.1. The van der Waals surface area contributed by atoms with Crippen molar-refractivity contribution in [1.82, 2.24) is 20.2 Å². The summed E-state index contributed by atoms with van der Waals surface area (Å²) in [6.07, 6.45) is 11.5. The molecule has 1 atom stereocenters. The molecule has 138 valence electrons. The minimum Gasteiger partial charge on any atom is -0.373 e. The van der Waals surface area contributed by atoms with Gasteiger partial charge in [0.1, 0.15) is 6.10 Å². The summed E-state index contributed by atoms with van der Waals surface area (Å²) >= 11 is 0. The number of methoxy groups -OCH3 is 1. The van der Waals surface area contributed by atoms with Crippen LogP contribution in [0.2, 0.25) is 0 Å². The Kier molecular flexibility index (Phi) is 9.19. The van der Waals surface area contributed by atoms with Crippen molar-refractivity contribution in [1.29, 1.82) is 0 Å². The van der Waals surface area contributed by atoms with E-state index >= 15 is 0 Å². The molecule has 1 heterocycles. The lowest BCUT2D eigenvalue weighted by molar-refractivity contribution is 0.0819. The number of benzene rings is 1. The van der Waals surface area contributed by atoms with Crippen molar-refractivity contribution in [2.75, 3.05) is 7.11 Å². The van der Waals surface area contributed by atoms with Gasteiger partial charge in [0.05, 0.1) is 6.54 Å². The van der Waals surface area contributed by atoms with Crippen LogP contribution in [0.5, 0.6) is 0 Å².